The summed E-state index contributed by atoms with van der Waals surface area (Å²) in [5.74, 6) is -0.257. The molecule has 1 amide bonds. The molecule has 0 bridgehead atoms. The first-order valence-electron chi connectivity index (χ1n) is 5.70. The lowest BCUT2D eigenvalue weighted by Gasteiger charge is -2.22. The van der Waals surface area contributed by atoms with Gasteiger partial charge in [0.1, 0.15) is 5.75 Å². The number of phenolic OH excluding ortho intramolecular Hbond substituents is 1. The highest BCUT2D eigenvalue weighted by atomic mass is 16.3. The number of carbonyl (C=O) groups is 1. The van der Waals surface area contributed by atoms with E-state index in [1.165, 1.54) is 6.07 Å². The average molecular weight is 244 g/mol. The number of benzene rings is 1. The number of nitriles is 1. The molecule has 18 heavy (non-hydrogen) atoms. The van der Waals surface area contributed by atoms with Crippen molar-refractivity contribution in [3.63, 3.8) is 0 Å². The SMILES string of the molecule is N#Cc1ccc(O)c(CN2CC[CH]C2C(N)=O)c1. The molecular weight excluding hydrogens is 230 g/mol. The van der Waals surface area contributed by atoms with E-state index >= 15 is 0 Å². The summed E-state index contributed by atoms with van der Waals surface area (Å²) in [5.41, 5.74) is 6.43. The molecule has 1 aromatic carbocycles. The first-order chi connectivity index (χ1) is 8.61. The van der Waals surface area contributed by atoms with E-state index < -0.39 is 6.04 Å². The predicted molar refractivity (Wildman–Crippen MR) is 65.1 cm³/mol. The van der Waals surface area contributed by atoms with Crippen LogP contribution in [0, 0.1) is 17.8 Å². The van der Waals surface area contributed by atoms with Crippen LogP contribution in [0.1, 0.15) is 17.5 Å². The fourth-order valence-electron chi connectivity index (χ4n) is 2.16. The lowest BCUT2D eigenvalue weighted by molar-refractivity contribution is -0.121. The van der Waals surface area contributed by atoms with Crippen molar-refractivity contribution in [2.24, 2.45) is 5.73 Å². The van der Waals surface area contributed by atoms with Crippen LogP contribution in [0.5, 0.6) is 5.75 Å². The van der Waals surface area contributed by atoms with Crippen molar-refractivity contribution in [1.29, 1.82) is 5.26 Å². The second kappa shape index (κ2) is 5.07. The molecule has 0 saturated carbocycles. The van der Waals surface area contributed by atoms with E-state index in [1.54, 1.807) is 12.1 Å². The zero-order chi connectivity index (χ0) is 13.1. The molecule has 0 aromatic heterocycles. The number of hydrogen-bond acceptors (Lipinski definition) is 4. The van der Waals surface area contributed by atoms with Crippen LogP contribution in [0.3, 0.4) is 0 Å². The number of phenols is 1. The minimum absolute atomic E-state index is 0.129. The lowest BCUT2D eigenvalue weighted by Crippen LogP contribution is -2.40. The Bertz CT molecular complexity index is 507. The number of aromatic hydroxyl groups is 1. The molecule has 5 heteroatoms. The smallest absolute Gasteiger partial charge is 0.235 e. The van der Waals surface area contributed by atoms with Gasteiger partial charge in [0.2, 0.25) is 5.91 Å². The van der Waals surface area contributed by atoms with Crippen molar-refractivity contribution in [3.05, 3.63) is 35.7 Å². The van der Waals surface area contributed by atoms with Crippen molar-refractivity contribution in [2.75, 3.05) is 6.54 Å². The molecule has 1 fully saturated rings. The van der Waals surface area contributed by atoms with Gasteiger partial charge < -0.3 is 10.8 Å². The Morgan fingerprint density at radius 1 is 1.61 bits per heavy atom. The Balaban J connectivity index is 2.18. The van der Waals surface area contributed by atoms with Gasteiger partial charge in [0.05, 0.1) is 17.7 Å². The van der Waals surface area contributed by atoms with Crippen LogP contribution in [-0.4, -0.2) is 28.5 Å². The van der Waals surface area contributed by atoms with E-state index in [-0.39, 0.29) is 11.7 Å². The fourth-order valence-corrected chi connectivity index (χ4v) is 2.16. The summed E-state index contributed by atoms with van der Waals surface area (Å²) in [4.78, 5) is 13.1. The molecule has 1 aromatic rings. The van der Waals surface area contributed by atoms with E-state index in [0.717, 1.165) is 13.0 Å². The second-order valence-electron chi connectivity index (χ2n) is 4.30. The Kier molecular flexibility index (Phi) is 3.49. The molecule has 1 unspecified atom stereocenters. The van der Waals surface area contributed by atoms with Gasteiger partial charge in [-0.3, -0.25) is 9.69 Å². The normalized spacial score (nSPS) is 19.6. The highest BCUT2D eigenvalue weighted by Crippen LogP contribution is 2.24. The van der Waals surface area contributed by atoms with Crippen molar-refractivity contribution in [2.45, 2.75) is 19.0 Å². The third kappa shape index (κ3) is 2.44. The van der Waals surface area contributed by atoms with E-state index in [0.29, 0.717) is 17.7 Å². The van der Waals surface area contributed by atoms with Crippen molar-refractivity contribution >= 4 is 5.91 Å². The van der Waals surface area contributed by atoms with E-state index in [1.807, 2.05) is 17.4 Å². The molecule has 2 rings (SSSR count). The second-order valence-corrected chi connectivity index (χ2v) is 4.30. The highest BCUT2D eigenvalue weighted by molar-refractivity contribution is 5.81. The molecule has 93 valence electrons. The Hall–Kier alpha value is -2.06. The Morgan fingerprint density at radius 3 is 3.06 bits per heavy atom. The number of nitrogens with zero attached hydrogens (tertiary/aromatic N) is 2. The van der Waals surface area contributed by atoms with Gasteiger partial charge in [-0.1, -0.05) is 0 Å². The molecule has 1 aliphatic rings. The molecule has 1 saturated heterocycles. The zero-order valence-electron chi connectivity index (χ0n) is 9.84. The topological polar surface area (TPSA) is 90.3 Å². The monoisotopic (exact) mass is 244 g/mol. The molecule has 1 atom stereocenters. The Morgan fingerprint density at radius 2 is 2.39 bits per heavy atom. The van der Waals surface area contributed by atoms with Crippen LogP contribution in [0.2, 0.25) is 0 Å². The van der Waals surface area contributed by atoms with Crippen molar-refractivity contribution in [3.8, 4) is 11.8 Å². The number of amides is 1. The summed E-state index contributed by atoms with van der Waals surface area (Å²) >= 11 is 0. The van der Waals surface area contributed by atoms with Crippen LogP contribution >= 0.6 is 0 Å². The van der Waals surface area contributed by atoms with E-state index in [4.69, 9.17) is 11.0 Å². The van der Waals surface area contributed by atoms with Gasteiger partial charge in [-0.15, -0.1) is 0 Å². The maximum Gasteiger partial charge on any atom is 0.235 e. The van der Waals surface area contributed by atoms with Crippen LogP contribution < -0.4 is 5.73 Å². The minimum Gasteiger partial charge on any atom is -0.508 e. The average Bonchev–Trinajstić information content (AvgIpc) is 2.80. The van der Waals surface area contributed by atoms with Gasteiger partial charge in [0.15, 0.2) is 0 Å². The van der Waals surface area contributed by atoms with Crippen molar-refractivity contribution in [1.82, 2.24) is 4.90 Å². The van der Waals surface area contributed by atoms with Crippen LogP contribution in [0.25, 0.3) is 0 Å². The van der Waals surface area contributed by atoms with E-state index in [2.05, 4.69) is 0 Å². The first-order valence-corrected chi connectivity index (χ1v) is 5.70. The molecule has 0 spiro atoms. The number of primary amides is 1. The number of carbonyl (C=O) groups excluding carboxylic acids is 1. The largest absolute Gasteiger partial charge is 0.508 e. The molecule has 0 aliphatic carbocycles. The quantitative estimate of drug-likeness (QED) is 0.811. The summed E-state index contributed by atoms with van der Waals surface area (Å²) in [6.07, 6.45) is 2.67. The lowest BCUT2D eigenvalue weighted by atomic mass is 10.1. The third-order valence-electron chi connectivity index (χ3n) is 3.07. The van der Waals surface area contributed by atoms with Gasteiger partial charge in [-0.05, 0) is 37.6 Å². The van der Waals surface area contributed by atoms with Crippen molar-refractivity contribution < 1.29 is 9.90 Å². The van der Waals surface area contributed by atoms with Gasteiger partial charge >= 0.3 is 0 Å². The molecule has 3 N–H and O–H groups in total. The number of rotatable bonds is 3. The van der Waals surface area contributed by atoms with Crippen LogP contribution in [-0.2, 0) is 11.3 Å². The predicted octanol–water partition coefficient (Wildman–Crippen LogP) is 0.528. The summed E-state index contributed by atoms with van der Waals surface area (Å²) in [6, 6.07) is 6.31. The Labute approximate surface area is 105 Å². The maximum atomic E-state index is 11.2. The number of likely N-dealkylation sites (tertiary alicyclic amines) is 1. The van der Waals surface area contributed by atoms with Crippen LogP contribution in [0.15, 0.2) is 18.2 Å². The molecule has 1 aliphatic heterocycles. The maximum absolute atomic E-state index is 11.2. The third-order valence-corrected chi connectivity index (χ3v) is 3.07. The van der Waals surface area contributed by atoms with Gasteiger partial charge in [-0.2, -0.15) is 5.26 Å². The van der Waals surface area contributed by atoms with Gasteiger partial charge in [-0.25, -0.2) is 0 Å². The standard InChI is InChI=1S/C13H14N3O2/c14-7-9-3-4-12(17)10(6-9)8-16-5-1-2-11(16)13(15)18/h2-4,6,11,17H,1,5,8H2,(H2,15,18). The molecule has 5 nitrogen and oxygen atoms in total. The summed E-state index contributed by atoms with van der Waals surface area (Å²) in [6.45, 7) is 1.13. The van der Waals surface area contributed by atoms with Crippen LogP contribution in [0.4, 0.5) is 0 Å². The highest BCUT2D eigenvalue weighted by Gasteiger charge is 2.29. The summed E-state index contributed by atoms with van der Waals surface area (Å²) in [7, 11) is 0. The summed E-state index contributed by atoms with van der Waals surface area (Å²) in [5, 5.41) is 18.6. The van der Waals surface area contributed by atoms with Gasteiger partial charge in [0, 0.05) is 12.1 Å². The summed E-state index contributed by atoms with van der Waals surface area (Å²) < 4.78 is 0. The number of nitrogens with two attached hydrogens (primary N) is 1. The minimum atomic E-state index is -0.393. The molecule has 1 radical (unpaired) electrons. The fraction of sp³-hybridized carbons (Fsp3) is 0.308. The van der Waals surface area contributed by atoms with Gasteiger partial charge in [0.25, 0.3) is 0 Å². The van der Waals surface area contributed by atoms with E-state index in [9.17, 15) is 9.90 Å². The molecular formula is C13H14N3O2. The number of hydrogen-bond donors (Lipinski definition) is 2. The zero-order valence-corrected chi connectivity index (χ0v) is 9.84. The first kappa shape index (κ1) is 12.4. The molecule has 1 heterocycles.